The third-order valence-corrected chi connectivity index (χ3v) is 4.34. The summed E-state index contributed by atoms with van der Waals surface area (Å²) in [5.41, 5.74) is 8.01. The number of aliphatic hydroxyl groups excluding tert-OH is 2. The van der Waals surface area contributed by atoms with Crippen molar-refractivity contribution in [1.82, 2.24) is 26.1 Å². The van der Waals surface area contributed by atoms with E-state index < -0.39 is 74.5 Å². The van der Waals surface area contributed by atoms with Gasteiger partial charge in [-0.3, -0.25) is 34.6 Å². The van der Waals surface area contributed by atoms with E-state index in [1.165, 1.54) is 0 Å². The van der Waals surface area contributed by atoms with Crippen LogP contribution in [0.15, 0.2) is 30.3 Å². The number of nitrogens with two attached hydrogens (primary N) is 2. The Kier molecular flexibility index (Phi) is 11.9. The van der Waals surface area contributed by atoms with Gasteiger partial charge in [0.2, 0.25) is 5.91 Å². The largest absolute Gasteiger partial charge is 0.481 e. The Hall–Kier alpha value is -3.79. The monoisotopic (exact) mass is 483 g/mol. The van der Waals surface area contributed by atoms with Crippen molar-refractivity contribution in [1.29, 1.82) is 0 Å². The third-order valence-electron chi connectivity index (χ3n) is 4.34. The van der Waals surface area contributed by atoms with Crippen molar-refractivity contribution in [2.24, 2.45) is 11.6 Å². The van der Waals surface area contributed by atoms with Gasteiger partial charge >= 0.3 is 12.0 Å². The number of rotatable bonds is 12. The topological polar surface area (TPSA) is 241 Å². The molecule has 0 aliphatic carbocycles. The second-order valence-electron chi connectivity index (χ2n) is 6.91. The molecule has 1 rings (SSSR count). The van der Waals surface area contributed by atoms with Crippen LogP contribution in [-0.4, -0.2) is 93.4 Å². The van der Waals surface area contributed by atoms with Crippen molar-refractivity contribution < 1.29 is 39.3 Å². The number of amides is 5. The molecule has 0 bridgehead atoms. The molecule has 0 spiro atoms. The summed E-state index contributed by atoms with van der Waals surface area (Å²) < 4.78 is 0. The molecule has 0 saturated carbocycles. The number of benzene rings is 1. The number of urea groups is 1. The molecule has 0 aliphatic heterocycles. The lowest BCUT2D eigenvalue weighted by Gasteiger charge is -2.26. The average Bonchev–Trinajstić information content (AvgIpc) is 2.82. The van der Waals surface area contributed by atoms with E-state index in [0.717, 1.165) is 5.01 Å². The first-order chi connectivity index (χ1) is 16.1. The number of carbonyl (C=O) groups excluding carboxylic acids is 4. The summed E-state index contributed by atoms with van der Waals surface area (Å²) in [5.74, 6) is 1.56. The minimum Gasteiger partial charge on any atom is -0.481 e. The molecular formula is C19H29N7O8. The average molecular weight is 483 g/mol. The summed E-state index contributed by atoms with van der Waals surface area (Å²) in [4.78, 5) is 59.6. The molecule has 15 heteroatoms. The minimum atomic E-state index is -1.60. The van der Waals surface area contributed by atoms with Crippen LogP contribution >= 0.6 is 0 Å². The van der Waals surface area contributed by atoms with Crippen molar-refractivity contribution in [2.75, 3.05) is 26.3 Å². The first kappa shape index (κ1) is 28.2. The molecule has 10 N–H and O–H groups in total. The number of aliphatic hydroxyl groups is 2. The summed E-state index contributed by atoms with van der Waals surface area (Å²) in [6, 6.07) is 4.70. The fourth-order valence-corrected chi connectivity index (χ4v) is 2.52. The highest BCUT2D eigenvalue weighted by Crippen LogP contribution is 2.02. The molecule has 0 aromatic heterocycles. The predicted molar refractivity (Wildman–Crippen MR) is 116 cm³/mol. The molecule has 0 heterocycles. The summed E-state index contributed by atoms with van der Waals surface area (Å²) in [6.07, 6.45) is -0.501. The van der Waals surface area contributed by atoms with Gasteiger partial charge in [-0.25, -0.2) is 10.6 Å². The number of hydrogen-bond acceptors (Lipinski definition) is 9. The van der Waals surface area contributed by atoms with Gasteiger partial charge in [0.25, 0.3) is 11.8 Å². The Morgan fingerprint density at radius 1 is 0.941 bits per heavy atom. The number of aliphatic carboxylic acids is 1. The maximum absolute atomic E-state index is 12.4. The standard InChI is InChI=1S/C19H29N7O8/c20-8-15(29)26(7-6-16(30)31)24-18(33)14(11-28)22-17(32)13(10-27)23-19(34)25(21)9-12-4-2-1-3-5-12/h1-5,13-14,27-28H,6-11,20-21H2,(H,22,32)(H,23,34)(H,24,33)(H,30,31)/t13-,14-/m0/s1. The smallest absolute Gasteiger partial charge is 0.332 e. The number of carboxylic acid groups (broad SMARTS) is 1. The van der Waals surface area contributed by atoms with Crippen molar-refractivity contribution in [3.63, 3.8) is 0 Å². The molecule has 0 radical (unpaired) electrons. The summed E-state index contributed by atoms with van der Waals surface area (Å²) in [6.45, 7) is -2.70. The van der Waals surface area contributed by atoms with Gasteiger partial charge in [-0.05, 0) is 5.56 Å². The van der Waals surface area contributed by atoms with E-state index in [0.29, 0.717) is 10.6 Å². The molecule has 34 heavy (non-hydrogen) atoms. The zero-order valence-corrected chi connectivity index (χ0v) is 18.2. The van der Waals surface area contributed by atoms with Crippen LogP contribution < -0.4 is 27.6 Å². The van der Waals surface area contributed by atoms with E-state index in [4.69, 9.17) is 16.7 Å². The highest BCUT2D eigenvalue weighted by atomic mass is 16.4. The van der Waals surface area contributed by atoms with E-state index in [1.54, 1.807) is 30.3 Å². The zero-order valence-electron chi connectivity index (χ0n) is 18.2. The van der Waals surface area contributed by atoms with Gasteiger partial charge in [-0.2, -0.15) is 0 Å². The SMILES string of the molecule is NCC(=O)N(CCC(=O)O)NC(=O)[C@H](CO)NC(=O)[C@H](CO)NC(=O)N(N)Cc1ccccc1. The number of hydrazine groups is 2. The quantitative estimate of drug-likeness (QED) is 0.0819. The maximum atomic E-state index is 12.4. The molecule has 0 aliphatic rings. The van der Waals surface area contributed by atoms with Gasteiger partial charge in [0.05, 0.1) is 39.3 Å². The van der Waals surface area contributed by atoms with Gasteiger partial charge < -0.3 is 31.7 Å². The van der Waals surface area contributed by atoms with Gasteiger partial charge in [-0.1, -0.05) is 30.3 Å². The normalized spacial score (nSPS) is 12.1. The first-order valence-electron chi connectivity index (χ1n) is 10.0. The summed E-state index contributed by atoms with van der Waals surface area (Å²) >= 11 is 0. The lowest BCUT2D eigenvalue weighted by molar-refractivity contribution is -0.145. The number of nitrogens with one attached hydrogen (secondary N) is 3. The molecule has 1 aromatic rings. The maximum Gasteiger partial charge on any atom is 0.332 e. The number of carbonyl (C=O) groups is 5. The Bertz CT molecular complexity index is 854. The van der Waals surface area contributed by atoms with Crippen LogP contribution in [0.25, 0.3) is 0 Å². The van der Waals surface area contributed by atoms with Crippen LogP contribution in [-0.2, 0) is 25.7 Å². The third kappa shape index (κ3) is 9.37. The number of nitrogens with zero attached hydrogens (tertiary/aromatic N) is 2. The Morgan fingerprint density at radius 3 is 2.06 bits per heavy atom. The van der Waals surface area contributed by atoms with E-state index >= 15 is 0 Å². The highest BCUT2D eigenvalue weighted by molar-refractivity contribution is 5.92. The lowest BCUT2D eigenvalue weighted by Crippen LogP contribution is -2.60. The van der Waals surface area contributed by atoms with E-state index in [9.17, 15) is 34.2 Å². The number of carboxylic acids is 1. The molecule has 188 valence electrons. The van der Waals surface area contributed by atoms with Crippen molar-refractivity contribution >= 4 is 29.7 Å². The molecule has 0 saturated heterocycles. The fourth-order valence-electron chi connectivity index (χ4n) is 2.52. The molecule has 1 aromatic carbocycles. The molecule has 2 atom stereocenters. The van der Waals surface area contributed by atoms with E-state index in [-0.39, 0.29) is 6.54 Å². The van der Waals surface area contributed by atoms with Crippen molar-refractivity contribution in [3.8, 4) is 0 Å². The van der Waals surface area contributed by atoms with Gasteiger partial charge in [0.15, 0.2) is 0 Å². The Labute approximate surface area is 194 Å². The zero-order chi connectivity index (χ0) is 25.7. The Balaban J connectivity index is 2.73. The summed E-state index contributed by atoms with van der Waals surface area (Å²) in [5, 5.41) is 33.5. The van der Waals surface area contributed by atoms with Gasteiger partial charge in [0.1, 0.15) is 12.1 Å². The Morgan fingerprint density at radius 2 is 1.53 bits per heavy atom. The lowest BCUT2D eigenvalue weighted by atomic mass is 10.2. The van der Waals surface area contributed by atoms with Crippen LogP contribution in [0.1, 0.15) is 12.0 Å². The second-order valence-corrected chi connectivity index (χ2v) is 6.91. The van der Waals surface area contributed by atoms with Crippen LogP contribution in [0.3, 0.4) is 0 Å². The van der Waals surface area contributed by atoms with E-state index in [1.807, 2.05) is 0 Å². The van der Waals surface area contributed by atoms with Crippen LogP contribution in [0.5, 0.6) is 0 Å². The van der Waals surface area contributed by atoms with Gasteiger partial charge in [0, 0.05) is 0 Å². The van der Waals surface area contributed by atoms with E-state index in [2.05, 4.69) is 16.1 Å². The number of hydrogen-bond donors (Lipinski definition) is 8. The minimum absolute atomic E-state index is 0.00939. The van der Waals surface area contributed by atoms with Crippen molar-refractivity contribution in [2.45, 2.75) is 25.0 Å². The van der Waals surface area contributed by atoms with Crippen LogP contribution in [0.2, 0.25) is 0 Å². The highest BCUT2D eigenvalue weighted by Gasteiger charge is 2.28. The molecule has 0 fully saturated rings. The summed E-state index contributed by atoms with van der Waals surface area (Å²) in [7, 11) is 0. The predicted octanol–water partition coefficient (Wildman–Crippen LogP) is -3.80. The van der Waals surface area contributed by atoms with Crippen molar-refractivity contribution in [3.05, 3.63) is 35.9 Å². The second kappa shape index (κ2) is 14.4. The fraction of sp³-hybridized carbons (Fsp3) is 0.421. The molecule has 5 amide bonds. The first-order valence-corrected chi connectivity index (χ1v) is 10.0. The van der Waals surface area contributed by atoms with Gasteiger partial charge in [-0.15, -0.1) is 0 Å². The van der Waals surface area contributed by atoms with Crippen LogP contribution in [0, 0.1) is 0 Å². The van der Waals surface area contributed by atoms with Crippen LogP contribution in [0.4, 0.5) is 4.79 Å². The molecule has 0 unspecified atom stereocenters. The molecule has 15 nitrogen and oxygen atoms in total. The molecular weight excluding hydrogens is 454 g/mol.